The molecule has 0 radical (unpaired) electrons. The van der Waals surface area contributed by atoms with Gasteiger partial charge in [-0.25, -0.2) is 8.42 Å². The molecule has 5 heteroatoms. The van der Waals surface area contributed by atoms with Crippen molar-refractivity contribution in [2.45, 2.75) is 37.9 Å². The SMILES string of the molecule is Cc1ccc(NS(=O)(=O)C2CCCC2)c(N)c1. The van der Waals surface area contributed by atoms with Crippen molar-refractivity contribution in [3.8, 4) is 0 Å². The first kappa shape index (κ1) is 12.2. The first-order chi connectivity index (χ1) is 7.99. The van der Waals surface area contributed by atoms with E-state index in [1.54, 1.807) is 12.1 Å². The highest BCUT2D eigenvalue weighted by atomic mass is 32.2. The molecule has 3 N–H and O–H groups in total. The van der Waals surface area contributed by atoms with Gasteiger partial charge in [0.1, 0.15) is 0 Å². The first-order valence-corrected chi connectivity index (χ1v) is 7.41. The molecule has 0 unspecified atom stereocenters. The number of anilines is 2. The van der Waals surface area contributed by atoms with Gasteiger partial charge in [-0.15, -0.1) is 0 Å². The summed E-state index contributed by atoms with van der Waals surface area (Å²) in [7, 11) is -3.28. The third kappa shape index (κ3) is 2.72. The highest BCUT2D eigenvalue weighted by molar-refractivity contribution is 7.93. The average molecular weight is 254 g/mol. The molecular weight excluding hydrogens is 236 g/mol. The first-order valence-electron chi connectivity index (χ1n) is 5.87. The Morgan fingerprint density at radius 2 is 1.94 bits per heavy atom. The number of sulfonamides is 1. The second-order valence-electron chi connectivity index (χ2n) is 4.64. The normalized spacial score (nSPS) is 17.2. The lowest BCUT2D eigenvalue weighted by molar-refractivity contribution is 0.585. The lowest BCUT2D eigenvalue weighted by Gasteiger charge is -2.15. The fraction of sp³-hybridized carbons (Fsp3) is 0.500. The molecule has 1 aliphatic carbocycles. The van der Waals surface area contributed by atoms with Crippen molar-refractivity contribution in [1.82, 2.24) is 0 Å². The van der Waals surface area contributed by atoms with Crippen molar-refractivity contribution in [2.75, 3.05) is 10.5 Å². The van der Waals surface area contributed by atoms with E-state index in [9.17, 15) is 8.42 Å². The van der Waals surface area contributed by atoms with Gasteiger partial charge in [0, 0.05) is 0 Å². The Morgan fingerprint density at radius 1 is 1.29 bits per heavy atom. The molecule has 0 saturated heterocycles. The number of nitrogens with one attached hydrogen (secondary N) is 1. The summed E-state index contributed by atoms with van der Waals surface area (Å²) in [6.07, 6.45) is 3.49. The van der Waals surface area contributed by atoms with Gasteiger partial charge < -0.3 is 5.73 Å². The van der Waals surface area contributed by atoms with Crippen molar-refractivity contribution in [3.63, 3.8) is 0 Å². The number of rotatable bonds is 3. The number of nitrogens with two attached hydrogens (primary N) is 1. The van der Waals surface area contributed by atoms with Crippen LogP contribution in [0.25, 0.3) is 0 Å². The van der Waals surface area contributed by atoms with Crippen molar-refractivity contribution in [1.29, 1.82) is 0 Å². The summed E-state index contributed by atoms with van der Waals surface area (Å²) in [5.41, 5.74) is 7.79. The molecule has 0 spiro atoms. The Kier molecular flexibility index (Phi) is 3.28. The molecule has 1 aromatic carbocycles. The van der Waals surface area contributed by atoms with Gasteiger partial charge in [-0.05, 0) is 37.5 Å². The van der Waals surface area contributed by atoms with Crippen LogP contribution in [0, 0.1) is 6.92 Å². The van der Waals surface area contributed by atoms with E-state index in [0.717, 1.165) is 31.2 Å². The second kappa shape index (κ2) is 4.56. The van der Waals surface area contributed by atoms with Gasteiger partial charge in [0.15, 0.2) is 0 Å². The van der Waals surface area contributed by atoms with Crippen LogP contribution >= 0.6 is 0 Å². The van der Waals surface area contributed by atoms with Crippen LogP contribution in [0.4, 0.5) is 11.4 Å². The standard InChI is InChI=1S/C12H18N2O2S/c1-9-6-7-12(11(13)8-9)14-17(15,16)10-4-2-3-5-10/h6-8,10,14H,2-5,13H2,1H3. The number of hydrogen-bond donors (Lipinski definition) is 2. The summed E-state index contributed by atoms with van der Waals surface area (Å²) in [6, 6.07) is 5.34. The van der Waals surface area contributed by atoms with E-state index in [4.69, 9.17) is 5.73 Å². The van der Waals surface area contributed by atoms with E-state index >= 15 is 0 Å². The topological polar surface area (TPSA) is 72.2 Å². The third-order valence-electron chi connectivity index (χ3n) is 3.20. The molecule has 0 aliphatic heterocycles. The highest BCUT2D eigenvalue weighted by Crippen LogP contribution is 2.28. The summed E-state index contributed by atoms with van der Waals surface area (Å²) in [4.78, 5) is 0. The maximum atomic E-state index is 12.1. The molecule has 0 heterocycles. The third-order valence-corrected chi connectivity index (χ3v) is 5.05. The molecule has 0 aromatic heterocycles. The molecule has 17 heavy (non-hydrogen) atoms. The number of nitrogen functional groups attached to an aromatic ring is 1. The quantitative estimate of drug-likeness (QED) is 0.813. The second-order valence-corrected chi connectivity index (χ2v) is 6.61. The molecule has 0 atom stereocenters. The van der Waals surface area contributed by atoms with Crippen LogP contribution in [0.2, 0.25) is 0 Å². The van der Waals surface area contributed by atoms with Gasteiger partial charge in [0.2, 0.25) is 10.0 Å². The van der Waals surface area contributed by atoms with Gasteiger partial charge in [0.25, 0.3) is 0 Å². The molecule has 1 aliphatic rings. The number of benzene rings is 1. The molecule has 1 saturated carbocycles. The van der Waals surface area contributed by atoms with E-state index in [-0.39, 0.29) is 5.25 Å². The molecule has 4 nitrogen and oxygen atoms in total. The van der Waals surface area contributed by atoms with Crippen LogP contribution in [-0.2, 0) is 10.0 Å². The van der Waals surface area contributed by atoms with Crippen LogP contribution in [0.3, 0.4) is 0 Å². The predicted molar refractivity (Wildman–Crippen MR) is 70.4 cm³/mol. The summed E-state index contributed by atoms with van der Waals surface area (Å²) in [6.45, 7) is 1.92. The smallest absolute Gasteiger partial charge is 0.235 e. The zero-order chi connectivity index (χ0) is 12.5. The van der Waals surface area contributed by atoms with Gasteiger partial charge in [-0.2, -0.15) is 0 Å². The van der Waals surface area contributed by atoms with E-state index < -0.39 is 10.0 Å². The minimum atomic E-state index is -3.28. The fourth-order valence-corrected chi connectivity index (χ4v) is 3.82. The summed E-state index contributed by atoms with van der Waals surface area (Å²) in [5, 5.41) is -0.261. The van der Waals surface area contributed by atoms with Crippen molar-refractivity contribution >= 4 is 21.4 Å². The van der Waals surface area contributed by atoms with Gasteiger partial charge in [0.05, 0.1) is 16.6 Å². The van der Waals surface area contributed by atoms with E-state index in [0.29, 0.717) is 11.4 Å². The fourth-order valence-electron chi connectivity index (χ4n) is 2.21. The Balaban J connectivity index is 2.19. The largest absolute Gasteiger partial charge is 0.397 e. The Morgan fingerprint density at radius 3 is 2.53 bits per heavy atom. The van der Waals surface area contributed by atoms with Crippen molar-refractivity contribution in [2.24, 2.45) is 0 Å². The number of hydrogen-bond acceptors (Lipinski definition) is 3. The Labute approximate surface area is 102 Å². The molecule has 2 rings (SSSR count). The van der Waals surface area contributed by atoms with E-state index in [2.05, 4.69) is 4.72 Å². The lowest BCUT2D eigenvalue weighted by atomic mass is 10.2. The minimum absolute atomic E-state index is 0.261. The van der Waals surface area contributed by atoms with Crippen LogP contribution < -0.4 is 10.5 Å². The number of aryl methyl sites for hydroxylation is 1. The van der Waals surface area contributed by atoms with Crippen LogP contribution in [0.1, 0.15) is 31.2 Å². The summed E-state index contributed by atoms with van der Waals surface area (Å²) in [5.74, 6) is 0. The Bertz CT molecular complexity index is 505. The summed E-state index contributed by atoms with van der Waals surface area (Å²) < 4.78 is 26.7. The molecule has 1 fully saturated rings. The summed E-state index contributed by atoms with van der Waals surface area (Å²) >= 11 is 0. The van der Waals surface area contributed by atoms with Crippen molar-refractivity contribution in [3.05, 3.63) is 23.8 Å². The average Bonchev–Trinajstić information content (AvgIpc) is 2.76. The molecule has 0 amide bonds. The maximum absolute atomic E-state index is 12.1. The monoisotopic (exact) mass is 254 g/mol. The van der Waals surface area contributed by atoms with E-state index in [1.165, 1.54) is 0 Å². The minimum Gasteiger partial charge on any atom is -0.397 e. The zero-order valence-corrected chi connectivity index (χ0v) is 10.8. The van der Waals surface area contributed by atoms with Crippen LogP contribution in [0.5, 0.6) is 0 Å². The van der Waals surface area contributed by atoms with Gasteiger partial charge >= 0.3 is 0 Å². The van der Waals surface area contributed by atoms with Crippen LogP contribution in [-0.4, -0.2) is 13.7 Å². The molecule has 0 bridgehead atoms. The zero-order valence-electron chi connectivity index (χ0n) is 9.94. The van der Waals surface area contributed by atoms with E-state index in [1.807, 2.05) is 13.0 Å². The Hall–Kier alpha value is -1.23. The highest BCUT2D eigenvalue weighted by Gasteiger charge is 2.28. The maximum Gasteiger partial charge on any atom is 0.235 e. The molecule has 1 aromatic rings. The van der Waals surface area contributed by atoms with Crippen molar-refractivity contribution < 1.29 is 8.42 Å². The molecule has 94 valence electrons. The van der Waals surface area contributed by atoms with Crippen LogP contribution in [0.15, 0.2) is 18.2 Å². The molecular formula is C12H18N2O2S. The predicted octanol–water partition coefficient (Wildman–Crippen LogP) is 2.26. The lowest BCUT2D eigenvalue weighted by Crippen LogP contribution is -2.25. The van der Waals surface area contributed by atoms with Gasteiger partial charge in [-0.1, -0.05) is 18.9 Å². The van der Waals surface area contributed by atoms with Gasteiger partial charge in [-0.3, -0.25) is 4.72 Å².